The van der Waals surface area contributed by atoms with Crippen molar-refractivity contribution in [2.75, 3.05) is 0 Å². The van der Waals surface area contributed by atoms with Gasteiger partial charge in [0.2, 0.25) is 0 Å². The van der Waals surface area contributed by atoms with E-state index in [4.69, 9.17) is 10.2 Å². The van der Waals surface area contributed by atoms with Gasteiger partial charge in [0, 0.05) is 0 Å². The van der Waals surface area contributed by atoms with Gasteiger partial charge in [-0.15, -0.1) is 0 Å². The molecule has 0 aliphatic rings. The molecule has 4 aromatic carbocycles. The fourth-order valence-corrected chi connectivity index (χ4v) is 3.31. The topological polar surface area (TPSA) is 112 Å². The second-order valence-electron chi connectivity index (χ2n) is 7.70. The lowest BCUT2D eigenvalue weighted by Gasteiger charge is -2.12. The SMILES string of the molecule is O=C(O)C(c1ccccc1)c1ccccc1.O=C(O)Cc1ccccc1.O=C(O)Cc1ccccc1. The highest BCUT2D eigenvalue weighted by Gasteiger charge is 2.21. The van der Waals surface area contributed by atoms with Crippen LogP contribution in [-0.2, 0) is 27.2 Å². The van der Waals surface area contributed by atoms with Crippen molar-refractivity contribution in [1.29, 1.82) is 0 Å². The highest BCUT2D eigenvalue weighted by atomic mass is 16.4. The molecule has 0 atom stereocenters. The van der Waals surface area contributed by atoms with E-state index < -0.39 is 23.8 Å². The predicted octanol–water partition coefficient (Wildman–Crippen LogP) is 5.53. The van der Waals surface area contributed by atoms with Crippen LogP contribution in [-0.4, -0.2) is 33.2 Å². The Morgan fingerprint density at radius 3 is 1.00 bits per heavy atom. The zero-order chi connectivity index (χ0) is 26.2. The second kappa shape index (κ2) is 15.2. The zero-order valence-electron chi connectivity index (χ0n) is 19.6. The van der Waals surface area contributed by atoms with E-state index in [1.165, 1.54) is 0 Å². The van der Waals surface area contributed by atoms with Crippen LogP contribution in [0.4, 0.5) is 0 Å². The van der Waals surface area contributed by atoms with E-state index in [-0.39, 0.29) is 12.8 Å². The molecule has 0 heterocycles. The van der Waals surface area contributed by atoms with Crippen molar-refractivity contribution in [2.24, 2.45) is 0 Å². The molecule has 0 aliphatic heterocycles. The van der Waals surface area contributed by atoms with Crippen molar-refractivity contribution in [3.8, 4) is 0 Å². The molecule has 6 heteroatoms. The quantitative estimate of drug-likeness (QED) is 0.318. The van der Waals surface area contributed by atoms with E-state index in [1.54, 1.807) is 24.3 Å². The Hall–Kier alpha value is -4.71. The van der Waals surface area contributed by atoms with Gasteiger partial charge in [0.05, 0.1) is 12.8 Å². The lowest BCUT2D eigenvalue weighted by Crippen LogP contribution is -2.12. The number of benzene rings is 4. The van der Waals surface area contributed by atoms with Gasteiger partial charge >= 0.3 is 17.9 Å². The standard InChI is InChI=1S/C14H12O2.2C8H8O2/c15-14(16)13(11-7-3-1-4-8-11)12-9-5-2-6-10-12;2*9-8(10)6-7-4-2-1-3-5-7/h1-10,13H,(H,15,16);2*1-5H,6H2,(H,9,10). The number of carboxylic acid groups (broad SMARTS) is 3. The number of rotatable bonds is 7. The van der Waals surface area contributed by atoms with Crippen molar-refractivity contribution < 1.29 is 29.7 Å². The van der Waals surface area contributed by atoms with Gasteiger partial charge in [-0.05, 0) is 22.3 Å². The minimum absolute atomic E-state index is 0.112. The molecule has 3 N–H and O–H groups in total. The molecule has 0 saturated carbocycles. The Morgan fingerprint density at radius 1 is 0.472 bits per heavy atom. The normalized spacial score (nSPS) is 9.69. The van der Waals surface area contributed by atoms with Crippen LogP contribution in [0.2, 0.25) is 0 Å². The second-order valence-corrected chi connectivity index (χ2v) is 7.70. The maximum Gasteiger partial charge on any atom is 0.315 e. The number of aliphatic carboxylic acids is 3. The first-order chi connectivity index (χ1) is 17.4. The van der Waals surface area contributed by atoms with Crippen molar-refractivity contribution in [3.05, 3.63) is 144 Å². The molecule has 0 unspecified atom stereocenters. The molecule has 0 fully saturated rings. The minimum atomic E-state index is -0.822. The van der Waals surface area contributed by atoms with Gasteiger partial charge in [-0.1, -0.05) is 121 Å². The molecule has 0 aliphatic carbocycles. The smallest absolute Gasteiger partial charge is 0.315 e. The van der Waals surface area contributed by atoms with Gasteiger partial charge in [0.1, 0.15) is 5.92 Å². The maximum absolute atomic E-state index is 11.3. The van der Waals surface area contributed by atoms with Crippen LogP contribution in [0, 0.1) is 0 Å². The molecule has 4 aromatic rings. The van der Waals surface area contributed by atoms with Crippen LogP contribution in [0.1, 0.15) is 28.2 Å². The van der Waals surface area contributed by atoms with Crippen molar-refractivity contribution in [1.82, 2.24) is 0 Å². The highest BCUT2D eigenvalue weighted by molar-refractivity contribution is 5.80. The fraction of sp³-hybridized carbons (Fsp3) is 0.100. The van der Waals surface area contributed by atoms with Gasteiger partial charge in [-0.3, -0.25) is 14.4 Å². The van der Waals surface area contributed by atoms with Crippen LogP contribution < -0.4 is 0 Å². The summed E-state index contributed by atoms with van der Waals surface area (Å²) in [6.07, 6.45) is 0.224. The maximum atomic E-state index is 11.3. The van der Waals surface area contributed by atoms with Gasteiger partial charge in [-0.25, -0.2) is 0 Å². The molecule has 0 radical (unpaired) electrons. The first-order valence-corrected chi connectivity index (χ1v) is 11.2. The van der Waals surface area contributed by atoms with E-state index in [0.717, 1.165) is 22.3 Å². The molecule has 0 bridgehead atoms. The van der Waals surface area contributed by atoms with E-state index in [1.807, 2.05) is 97.1 Å². The monoisotopic (exact) mass is 484 g/mol. The van der Waals surface area contributed by atoms with Gasteiger partial charge in [-0.2, -0.15) is 0 Å². The highest BCUT2D eigenvalue weighted by Crippen LogP contribution is 2.24. The third kappa shape index (κ3) is 10.5. The van der Waals surface area contributed by atoms with Crippen LogP contribution in [0.15, 0.2) is 121 Å². The van der Waals surface area contributed by atoms with Crippen LogP contribution >= 0.6 is 0 Å². The predicted molar refractivity (Wildman–Crippen MR) is 138 cm³/mol. The molecule has 0 saturated heterocycles. The Balaban J connectivity index is 0.000000200. The number of carboxylic acids is 3. The fourth-order valence-electron chi connectivity index (χ4n) is 3.31. The lowest BCUT2D eigenvalue weighted by atomic mass is 9.92. The summed E-state index contributed by atoms with van der Waals surface area (Å²) in [7, 11) is 0. The summed E-state index contributed by atoms with van der Waals surface area (Å²) in [5.41, 5.74) is 3.30. The summed E-state index contributed by atoms with van der Waals surface area (Å²) >= 11 is 0. The summed E-state index contributed by atoms with van der Waals surface area (Å²) in [6, 6.07) is 36.8. The molecule has 6 nitrogen and oxygen atoms in total. The largest absolute Gasteiger partial charge is 0.481 e. The molecule has 0 aromatic heterocycles. The van der Waals surface area contributed by atoms with Crippen LogP contribution in [0.3, 0.4) is 0 Å². The molecular formula is C30H28O6. The Labute approximate surface area is 210 Å². The van der Waals surface area contributed by atoms with Gasteiger partial charge in [0.25, 0.3) is 0 Å². The Morgan fingerprint density at radius 2 is 0.750 bits per heavy atom. The van der Waals surface area contributed by atoms with Crippen molar-refractivity contribution in [3.63, 3.8) is 0 Å². The summed E-state index contributed by atoms with van der Waals surface area (Å²) in [6.45, 7) is 0. The van der Waals surface area contributed by atoms with Crippen molar-refractivity contribution >= 4 is 17.9 Å². The summed E-state index contributed by atoms with van der Waals surface area (Å²) in [4.78, 5) is 31.6. The Kier molecular flexibility index (Phi) is 11.7. The summed E-state index contributed by atoms with van der Waals surface area (Å²) < 4.78 is 0. The number of hydrogen-bond donors (Lipinski definition) is 3. The third-order valence-corrected chi connectivity index (χ3v) is 4.91. The average Bonchev–Trinajstić information content (AvgIpc) is 2.87. The summed E-state index contributed by atoms with van der Waals surface area (Å²) in [5.74, 6) is -2.97. The number of carbonyl (C=O) groups is 3. The Bertz CT molecular complexity index is 1100. The third-order valence-electron chi connectivity index (χ3n) is 4.91. The molecular weight excluding hydrogens is 456 g/mol. The lowest BCUT2D eigenvalue weighted by molar-refractivity contribution is -0.138. The average molecular weight is 485 g/mol. The van der Waals surface area contributed by atoms with Crippen molar-refractivity contribution in [2.45, 2.75) is 18.8 Å². The van der Waals surface area contributed by atoms with E-state index >= 15 is 0 Å². The van der Waals surface area contributed by atoms with Crippen LogP contribution in [0.25, 0.3) is 0 Å². The first kappa shape index (κ1) is 27.5. The van der Waals surface area contributed by atoms with Crippen LogP contribution in [0.5, 0.6) is 0 Å². The molecule has 0 spiro atoms. The molecule has 0 amide bonds. The minimum Gasteiger partial charge on any atom is -0.481 e. The summed E-state index contributed by atoms with van der Waals surface area (Å²) in [5, 5.41) is 26.0. The molecule has 184 valence electrons. The number of hydrogen-bond acceptors (Lipinski definition) is 3. The van der Waals surface area contributed by atoms with E-state index in [2.05, 4.69) is 0 Å². The van der Waals surface area contributed by atoms with E-state index in [0.29, 0.717) is 0 Å². The first-order valence-electron chi connectivity index (χ1n) is 11.2. The molecule has 4 rings (SSSR count). The van der Waals surface area contributed by atoms with E-state index in [9.17, 15) is 19.5 Å². The molecule has 36 heavy (non-hydrogen) atoms. The zero-order valence-corrected chi connectivity index (χ0v) is 19.6. The van der Waals surface area contributed by atoms with Gasteiger partial charge < -0.3 is 15.3 Å². The van der Waals surface area contributed by atoms with Gasteiger partial charge in [0.15, 0.2) is 0 Å².